The van der Waals surface area contributed by atoms with Crippen LogP contribution in [0.4, 0.5) is 5.69 Å². The van der Waals surface area contributed by atoms with Crippen LogP contribution in [0, 0.1) is 6.92 Å². The van der Waals surface area contributed by atoms with Crippen molar-refractivity contribution in [1.82, 2.24) is 9.78 Å². The van der Waals surface area contributed by atoms with Crippen molar-refractivity contribution in [3.8, 4) is 0 Å². The van der Waals surface area contributed by atoms with Crippen molar-refractivity contribution in [2.24, 2.45) is 0 Å². The van der Waals surface area contributed by atoms with Gasteiger partial charge in [0.25, 0.3) is 0 Å². The van der Waals surface area contributed by atoms with Crippen molar-refractivity contribution < 1.29 is 0 Å². The summed E-state index contributed by atoms with van der Waals surface area (Å²) in [6.07, 6.45) is 7.37. The van der Waals surface area contributed by atoms with Crippen LogP contribution in [0.25, 0.3) is 0 Å². The Bertz CT molecular complexity index is 585. The normalized spacial score (nSPS) is 15.8. The second kappa shape index (κ2) is 5.92. The molecule has 1 aromatic carbocycles. The Morgan fingerprint density at radius 3 is 2.85 bits per heavy atom. The zero-order chi connectivity index (χ0) is 13.9. The van der Waals surface area contributed by atoms with Crippen molar-refractivity contribution in [1.29, 1.82) is 0 Å². The van der Waals surface area contributed by atoms with E-state index in [2.05, 4.69) is 36.0 Å². The molecule has 0 spiro atoms. The molecule has 0 amide bonds. The molecule has 0 radical (unpaired) electrons. The number of aryl methyl sites for hydroxylation is 1. The highest BCUT2D eigenvalue weighted by Crippen LogP contribution is 2.31. The van der Waals surface area contributed by atoms with Gasteiger partial charge in [-0.05, 0) is 43.5 Å². The Morgan fingerprint density at radius 1 is 1.30 bits per heavy atom. The molecule has 3 rings (SSSR count). The number of rotatable bonds is 4. The summed E-state index contributed by atoms with van der Waals surface area (Å²) in [7, 11) is 0. The van der Waals surface area contributed by atoms with Crippen molar-refractivity contribution in [3.05, 3.63) is 41.7 Å². The molecule has 3 nitrogen and oxygen atoms in total. The second-order valence-corrected chi connectivity index (χ2v) is 6.57. The molecule has 1 fully saturated rings. The van der Waals surface area contributed by atoms with Gasteiger partial charge < -0.3 is 5.73 Å². The fourth-order valence-electron chi connectivity index (χ4n) is 2.78. The third-order valence-electron chi connectivity index (χ3n) is 3.90. The number of aromatic nitrogens is 2. The third kappa shape index (κ3) is 3.01. The van der Waals surface area contributed by atoms with Gasteiger partial charge in [-0.1, -0.05) is 18.9 Å². The van der Waals surface area contributed by atoms with E-state index in [4.69, 9.17) is 10.8 Å². The van der Waals surface area contributed by atoms with Crippen LogP contribution in [0.1, 0.15) is 43.0 Å². The maximum atomic E-state index is 6.04. The summed E-state index contributed by atoms with van der Waals surface area (Å²) < 4.78 is 2.15. The molecule has 0 unspecified atom stereocenters. The summed E-state index contributed by atoms with van der Waals surface area (Å²) in [4.78, 5) is 1.14. The highest BCUT2D eigenvalue weighted by atomic mass is 32.2. The van der Waals surface area contributed by atoms with Crippen LogP contribution < -0.4 is 5.73 Å². The van der Waals surface area contributed by atoms with Crippen LogP contribution in [-0.2, 0) is 5.75 Å². The van der Waals surface area contributed by atoms with E-state index in [1.165, 1.54) is 31.2 Å². The highest BCUT2D eigenvalue weighted by molar-refractivity contribution is 7.98. The fourth-order valence-corrected chi connectivity index (χ4v) is 3.62. The van der Waals surface area contributed by atoms with Gasteiger partial charge in [-0.25, -0.2) is 0 Å². The summed E-state index contributed by atoms with van der Waals surface area (Å²) in [5.74, 6) is 0.882. The van der Waals surface area contributed by atoms with Crippen molar-refractivity contribution in [2.75, 3.05) is 5.73 Å². The smallest absolute Gasteiger partial charge is 0.0727 e. The summed E-state index contributed by atoms with van der Waals surface area (Å²) in [5, 5.41) is 4.71. The van der Waals surface area contributed by atoms with Gasteiger partial charge in [-0.3, -0.25) is 4.68 Å². The predicted molar refractivity (Wildman–Crippen MR) is 84.9 cm³/mol. The number of hydrogen-bond donors (Lipinski definition) is 1. The van der Waals surface area contributed by atoms with E-state index in [1.54, 1.807) is 11.8 Å². The van der Waals surface area contributed by atoms with Gasteiger partial charge in [0.1, 0.15) is 0 Å². The number of benzene rings is 1. The standard InChI is InChI=1S/C16H21N3S/c1-12-6-7-16(15(17)10-12)20-11-13-8-9-19(18-13)14-4-2-3-5-14/h6-10,14H,2-5,11,17H2,1H3. The number of hydrogen-bond acceptors (Lipinski definition) is 3. The maximum absolute atomic E-state index is 6.04. The third-order valence-corrected chi connectivity index (χ3v) is 5.03. The largest absolute Gasteiger partial charge is 0.398 e. The van der Waals surface area contributed by atoms with Gasteiger partial charge in [0.05, 0.1) is 11.7 Å². The minimum Gasteiger partial charge on any atom is -0.398 e. The Morgan fingerprint density at radius 2 is 2.10 bits per heavy atom. The minimum atomic E-state index is 0.623. The molecule has 0 bridgehead atoms. The Hall–Kier alpha value is -1.42. The first-order valence-electron chi connectivity index (χ1n) is 7.25. The van der Waals surface area contributed by atoms with Gasteiger partial charge in [0, 0.05) is 22.5 Å². The van der Waals surface area contributed by atoms with Crippen LogP contribution in [0.3, 0.4) is 0 Å². The molecule has 1 aliphatic carbocycles. The average molecular weight is 287 g/mol. The molecule has 2 aromatic rings. The quantitative estimate of drug-likeness (QED) is 0.677. The van der Waals surface area contributed by atoms with E-state index in [0.29, 0.717) is 6.04 Å². The molecule has 0 atom stereocenters. The summed E-state index contributed by atoms with van der Waals surface area (Å²) >= 11 is 1.76. The molecular weight excluding hydrogens is 266 g/mol. The minimum absolute atomic E-state index is 0.623. The second-order valence-electron chi connectivity index (χ2n) is 5.56. The molecule has 0 saturated heterocycles. The lowest BCUT2D eigenvalue weighted by Gasteiger charge is -2.09. The van der Waals surface area contributed by atoms with Crippen molar-refractivity contribution >= 4 is 17.4 Å². The number of anilines is 1. The Balaban J connectivity index is 1.63. The van der Waals surface area contributed by atoms with E-state index < -0.39 is 0 Å². The first-order valence-corrected chi connectivity index (χ1v) is 8.24. The molecular formula is C16H21N3S. The van der Waals surface area contributed by atoms with Gasteiger partial charge in [-0.2, -0.15) is 5.10 Å². The Labute approximate surface area is 124 Å². The zero-order valence-corrected chi connectivity index (χ0v) is 12.7. The van der Waals surface area contributed by atoms with Gasteiger partial charge in [0.2, 0.25) is 0 Å². The van der Waals surface area contributed by atoms with E-state index in [9.17, 15) is 0 Å². The summed E-state index contributed by atoms with van der Waals surface area (Å²) in [6.45, 7) is 2.06. The first-order chi connectivity index (χ1) is 9.72. The molecule has 4 heteroatoms. The van der Waals surface area contributed by atoms with Crippen LogP contribution in [-0.4, -0.2) is 9.78 Å². The van der Waals surface area contributed by atoms with Crippen molar-refractivity contribution in [3.63, 3.8) is 0 Å². The first kappa shape index (κ1) is 13.6. The molecule has 1 aromatic heterocycles. The van der Waals surface area contributed by atoms with Gasteiger partial charge in [0.15, 0.2) is 0 Å². The van der Waals surface area contributed by atoms with Crippen LogP contribution in [0.2, 0.25) is 0 Å². The van der Waals surface area contributed by atoms with E-state index in [0.717, 1.165) is 22.0 Å². The fraction of sp³-hybridized carbons (Fsp3) is 0.438. The van der Waals surface area contributed by atoms with E-state index in [1.807, 2.05) is 6.07 Å². The Kier molecular flexibility index (Phi) is 4.01. The maximum Gasteiger partial charge on any atom is 0.0727 e. The molecule has 20 heavy (non-hydrogen) atoms. The molecule has 1 aliphatic rings. The predicted octanol–water partition coefficient (Wildman–Crippen LogP) is 4.18. The lowest BCUT2D eigenvalue weighted by molar-refractivity contribution is 0.464. The van der Waals surface area contributed by atoms with E-state index >= 15 is 0 Å². The molecule has 1 heterocycles. The number of nitrogens with two attached hydrogens (primary N) is 1. The SMILES string of the molecule is Cc1ccc(SCc2ccn(C3CCCC3)n2)c(N)c1. The molecule has 106 valence electrons. The number of thioether (sulfide) groups is 1. The monoisotopic (exact) mass is 287 g/mol. The topological polar surface area (TPSA) is 43.8 Å². The highest BCUT2D eigenvalue weighted by Gasteiger charge is 2.17. The molecule has 1 saturated carbocycles. The lowest BCUT2D eigenvalue weighted by Crippen LogP contribution is -2.05. The molecule has 0 aliphatic heterocycles. The lowest BCUT2D eigenvalue weighted by atomic mass is 10.2. The van der Waals surface area contributed by atoms with E-state index in [-0.39, 0.29) is 0 Å². The zero-order valence-electron chi connectivity index (χ0n) is 11.9. The average Bonchev–Trinajstić information content (AvgIpc) is 3.08. The van der Waals surface area contributed by atoms with Crippen LogP contribution in [0.15, 0.2) is 35.4 Å². The summed E-state index contributed by atoms with van der Waals surface area (Å²) in [5.41, 5.74) is 9.26. The van der Waals surface area contributed by atoms with Crippen LogP contribution >= 0.6 is 11.8 Å². The number of nitrogen functional groups attached to an aromatic ring is 1. The summed E-state index contributed by atoms with van der Waals surface area (Å²) in [6, 6.07) is 8.99. The van der Waals surface area contributed by atoms with Gasteiger partial charge in [-0.15, -0.1) is 11.8 Å². The van der Waals surface area contributed by atoms with Crippen LogP contribution in [0.5, 0.6) is 0 Å². The number of nitrogens with zero attached hydrogens (tertiary/aromatic N) is 2. The van der Waals surface area contributed by atoms with Crippen molar-refractivity contribution in [2.45, 2.75) is 49.3 Å². The van der Waals surface area contributed by atoms with Gasteiger partial charge >= 0.3 is 0 Å². The molecule has 2 N–H and O–H groups in total.